The molecule has 0 radical (unpaired) electrons. The molecule has 6 aromatic rings. The van der Waals surface area contributed by atoms with Gasteiger partial charge in [-0.3, -0.25) is 4.79 Å². The van der Waals surface area contributed by atoms with E-state index in [9.17, 15) is 14.1 Å². The van der Waals surface area contributed by atoms with Crippen molar-refractivity contribution in [1.29, 1.82) is 0 Å². The molecule has 1 atom stereocenters. The number of ether oxygens (including phenoxy) is 6. The number of ketones is 1. The van der Waals surface area contributed by atoms with Crippen molar-refractivity contribution in [3.63, 3.8) is 0 Å². The van der Waals surface area contributed by atoms with Crippen molar-refractivity contribution < 1.29 is 42.0 Å². The molecule has 4 aromatic heterocycles. The van der Waals surface area contributed by atoms with Crippen LogP contribution in [0.4, 0.5) is 8.78 Å². The zero-order valence-corrected chi connectivity index (χ0v) is 29.7. The van der Waals surface area contributed by atoms with Crippen LogP contribution in [0.25, 0.3) is 22.1 Å². The third kappa shape index (κ3) is 8.03. The highest BCUT2D eigenvalue weighted by Crippen LogP contribution is 2.41. The van der Waals surface area contributed by atoms with Crippen molar-refractivity contribution >= 4 is 51.1 Å². The van der Waals surface area contributed by atoms with Crippen molar-refractivity contribution in [2.45, 2.75) is 6.04 Å². The number of rotatable bonds is 18. The number of nitrogens with one attached hydrogen (secondary N) is 2. The van der Waals surface area contributed by atoms with Gasteiger partial charge in [-0.2, -0.15) is 0 Å². The number of carbonyl (C=O) groups excluding carboxylic acids is 1. The Morgan fingerprint density at radius 1 is 0.792 bits per heavy atom. The minimum atomic E-state index is -1.32. The van der Waals surface area contributed by atoms with Gasteiger partial charge in [0.15, 0.2) is 5.78 Å². The SMILES string of the molecule is COCCOc1ccc(F)c(C(N=O)c2c[nH]c3ncc(OCCOCCOc4ccc(F)c(C(=O)c5c[nH]c6ncc(OC)cc56)c4Cl)cc23)c1Cl. The highest BCUT2D eigenvalue weighted by molar-refractivity contribution is 6.37. The van der Waals surface area contributed by atoms with E-state index in [-0.39, 0.29) is 77.9 Å². The summed E-state index contributed by atoms with van der Waals surface area (Å²) in [6, 6.07) is 6.90. The Hall–Kier alpha value is -5.35. The topological polar surface area (TPSA) is 159 Å². The summed E-state index contributed by atoms with van der Waals surface area (Å²) in [4.78, 5) is 39.9. The lowest BCUT2D eigenvalue weighted by atomic mass is 9.98. The Bertz CT molecular complexity index is 2270. The number of aromatic amines is 2. The first-order valence-corrected chi connectivity index (χ1v) is 16.8. The van der Waals surface area contributed by atoms with E-state index >= 15 is 4.39 Å². The molecule has 0 saturated heterocycles. The molecule has 13 nitrogen and oxygen atoms in total. The lowest BCUT2D eigenvalue weighted by molar-refractivity contribution is 0.0763. The van der Waals surface area contributed by atoms with Crippen LogP contribution in [-0.2, 0) is 9.47 Å². The maximum atomic E-state index is 15.0. The summed E-state index contributed by atoms with van der Waals surface area (Å²) in [5.41, 5.74) is 0.862. The average molecular weight is 771 g/mol. The van der Waals surface area contributed by atoms with Gasteiger partial charge >= 0.3 is 0 Å². The van der Waals surface area contributed by atoms with Crippen LogP contribution in [0, 0.1) is 16.5 Å². The van der Waals surface area contributed by atoms with Crippen LogP contribution in [-0.4, -0.2) is 79.6 Å². The van der Waals surface area contributed by atoms with Gasteiger partial charge in [0.2, 0.25) is 0 Å². The van der Waals surface area contributed by atoms with Crippen molar-refractivity contribution in [2.24, 2.45) is 5.18 Å². The summed E-state index contributed by atoms with van der Waals surface area (Å²) in [6.07, 6.45) is 5.91. The van der Waals surface area contributed by atoms with E-state index in [4.69, 9.17) is 51.6 Å². The van der Waals surface area contributed by atoms with E-state index in [2.05, 4.69) is 25.1 Å². The van der Waals surface area contributed by atoms with Crippen LogP contribution in [0.3, 0.4) is 0 Å². The molecule has 1 unspecified atom stereocenters. The standard InChI is InChI=1S/C36H31Cl2F2N5O8/c1-48-7-10-52-27-5-3-25(39)29(31(27)37)33(45-47)23-17-43-35-21(23)14-20(16-42-35)51-11-8-50-9-12-53-28-6-4-26(40)30(32(28)38)34(46)24-18-44-36-22(24)13-19(49-2)15-41-36/h3-6,13-18,33H,7-12H2,1-2H3,(H,41,44)(H,42,43). The minimum absolute atomic E-state index is 0.0330. The third-order valence-electron chi connectivity index (χ3n) is 8.10. The second kappa shape index (κ2) is 17.0. The predicted octanol–water partition coefficient (Wildman–Crippen LogP) is 7.62. The van der Waals surface area contributed by atoms with Crippen molar-refractivity contribution in [3.8, 4) is 23.0 Å². The number of fused-ring (bicyclic) bond motifs is 2. The maximum absolute atomic E-state index is 15.0. The van der Waals surface area contributed by atoms with E-state index in [0.29, 0.717) is 39.1 Å². The molecule has 0 aliphatic heterocycles. The van der Waals surface area contributed by atoms with E-state index in [1.165, 1.54) is 51.1 Å². The van der Waals surface area contributed by atoms with Gasteiger partial charge in [0.05, 0.1) is 54.9 Å². The molecule has 6 rings (SSSR count). The van der Waals surface area contributed by atoms with E-state index < -0.39 is 23.5 Å². The fourth-order valence-corrected chi connectivity index (χ4v) is 6.13. The number of nitrogens with zero attached hydrogens (tertiary/aromatic N) is 3. The van der Waals surface area contributed by atoms with Gasteiger partial charge < -0.3 is 38.4 Å². The molecular formula is C36H31Cl2F2N5O8. The number of methoxy groups -OCH3 is 2. The Kier molecular flexibility index (Phi) is 12.0. The van der Waals surface area contributed by atoms with E-state index in [0.717, 1.165) is 12.1 Å². The molecule has 4 heterocycles. The largest absolute Gasteiger partial charge is 0.495 e. The summed E-state index contributed by atoms with van der Waals surface area (Å²) >= 11 is 12.9. The quantitative estimate of drug-likeness (QED) is 0.0506. The first-order chi connectivity index (χ1) is 25.7. The molecule has 0 aliphatic rings. The number of H-pyrrole nitrogens is 2. The molecule has 276 valence electrons. The molecule has 2 N–H and O–H groups in total. The molecule has 0 spiro atoms. The van der Waals surface area contributed by atoms with Gasteiger partial charge in [0.1, 0.15) is 71.8 Å². The van der Waals surface area contributed by atoms with Gasteiger partial charge in [-0.15, -0.1) is 4.91 Å². The van der Waals surface area contributed by atoms with Crippen molar-refractivity contribution in [3.05, 3.63) is 110 Å². The summed E-state index contributed by atoms with van der Waals surface area (Å²) in [7, 11) is 2.98. The Balaban J connectivity index is 1.04. The number of pyridine rings is 2. The molecular weight excluding hydrogens is 739 g/mol. The summed E-state index contributed by atoms with van der Waals surface area (Å²) < 4.78 is 62.8. The fraction of sp³-hybridized carbons (Fsp3) is 0.250. The number of aromatic nitrogens is 4. The molecule has 0 amide bonds. The molecule has 0 aliphatic carbocycles. The number of carbonyl (C=O) groups is 1. The summed E-state index contributed by atoms with van der Waals surface area (Å²) in [5.74, 6) is -1.12. The smallest absolute Gasteiger partial charge is 0.199 e. The number of hydrogen-bond acceptors (Lipinski definition) is 11. The van der Waals surface area contributed by atoms with Gasteiger partial charge in [-0.05, 0) is 36.4 Å². The highest BCUT2D eigenvalue weighted by Gasteiger charge is 2.28. The average Bonchev–Trinajstić information content (AvgIpc) is 3.78. The number of benzene rings is 2. The molecule has 17 heteroatoms. The number of hydrogen-bond donors (Lipinski definition) is 2. The normalized spacial score (nSPS) is 11.9. The number of halogens is 4. The molecule has 0 bridgehead atoms. The second-order valence-corrected chi connectivity index (χ2v) is 12.0. The Morgan fingerprint density at radius 2 is 1.42 bits per heavy atom. The van der Waals surface area contributed by atoms with Crippen molar-refractivity contribution in [2.75, 3.05) is 53.9 Å². The van der Waals surface area contributed by atoms with Crippen molar-refractivity contribution in [1.82, 2.24) is 19.9 Å². The van der Waals surface area contributed by atoms with E-state index in [1.54, 1.807) is 12.1 Å². The van der Waals surface area contributed by atoms with Crippen LogP contribution in [0.1, 0.15) is 33.1 Å². The van der Waals surface area contributed by atoms with Crippen LogP contribution in [0.2, 0.25) is 10.0 Å². The lowest BCUT2D eigenvalue weighted by Gasteiger charge is -2.15. The Morgan fingerprint density at radius 3 is 2.13 bits per heavy atom. The first-order valence-electron chi connectivity index (χ1n) is 16.0. The summed E-state index contributed by atoms with van der Waals surface area (Å²) in [5, 5.41) is 3.84. The lowest BCUT2D eigenvalue weighted by Crippen LogP contribution is -2.13. The first kappa shape index (κ1) is 37.4. The van der Waals surface area contributed by atoms with Crippen LogP contribution in [0.15, 0.2) is 66.4 Å². The van der Waals surface area contributed by atoms with Crippen LogP contribution >= 0.6 is 23.2 Å². The fourth-order valence-electron chi connectivity index (χ4n) is 5.52. The monoisotopic (exact) mass is 769 g/mol. The maximum Gasteiger partial charge on any atom is 0.199 e. The third-order valence-corrected chi connectivity index (χ3v) is 8.86. The molecule has 2 aromatic carbocycles. The minimum Gasteiger partial charge on any atom is -0.495 e. The van der Waals surface area contributed by atoms with Gasteiger partial charge in [0.25, 0.3) is 0 Å². The van der Waals surface area contributed by atoms with E-state index in [1.807, 2.05) is 0 Å². The summed E-state index contributed by atoms with van der Waals surface area (Å²) in [6.45, 7) is 0.862. The van der Waals surface area contributed by atoms with Crippen LogP contribution < -0.4 is 18.9 Å². The predicted molar refractivity (Wildman–Crippen MR) is 192 cm³/mol. The molecule has 0 fully saturated rings. The van der Waals surface area contributed by atoms with Crippen LogP contribution in [0.5, 0.6) is 23.0 Å². The molecule has 0 saturated carbocycles. The number of nitroso groups, excluding NO2 is 1. The van der Waals surface area contributed by atoms with Gasteiger partial charge in [-0.1, -0.05) is 28.4 Å². The zero-order valence-electron chi connectivity index (χ0n) is 28.2. The Labute approximate surface area is 310 Å². The van der Waals surface area contributed by atoms with Gasteiger partial charge in [0, 0.05) is 47.0 Å². The van der Waals surface area contributed by atoms with Gasteiger partial charge in [-0.25, -0.2) is 18.7 Å². The second-order valence-electron chi connectivity index (χ2n) is 11.3. The zero-order chi connectivity index (χ0) is 37.5. The highest BCUT2D eigenvalue weighted by atomic mass is 35.5. The molecule has 53 heavy (non-hydrogen) atoms.